The zero-order valence-corrected chi connectivity index (χ0v) is 16.7. The molecule has 0 radical (unpaired) electrons. The molecule has 1 atom stereocenters. The molecule has 1 fully saturated rings. The molecule has 2 N–H and O–H groups in total. The van der Waals surface area contributed by atoms with Crippen LogP contribution in [0.2, 0.25) is 0 Å². The molecular weight excluding hydrogens is 366 g/mol. The molecule has 3 aromatic rings. The molecule has 1 aromatic heterocycles. The van der Waals surface area contributed by atoms with Gasteiger partial charge in [0.1, 0.15) is 11.8 Å². The maximum atomic E-state index is 12.7. The van der Waals surface area contributed by atoms with Gasteiger partial charge in [0, 0.05) is 30.1 Å². The number of rotatable bonds is 7. The Balaban J connectivity index is 1.33. The molecule has 6 nitrogen and oxygen atoms in total. The van der Waals surface area contributed by atoms with E-state index in [1.165, 1.54) is 4.90 Å². The number of fused-ring (bicyclic) bond motifs is 1. The number of amides is 3. The summed E-state index contributed by atoms with van der Waals surface area (Å²) in [5.74, 6) is 0.673. The smallest absolute Gasteiger partial charge is 0.324 e. The van der Waals surface area contributed by atoms with Gasteiger partial charge in [0.05, 0.1) is 6.61 Å². The van der Waals surface area contributed by atoms with Crippen LogP contribution in [-0.2, 0) is 11.2 Å². The molecule has 2 aromatic carbocycles. The first-order valence-corrected chi connectivity index (χ1v) is 9.90. The normalized spacial score (nSPS) is 16.5. The molecule has 1 saturated heterocycles. The van der Waals surface area contributed by atoms with Crippen LogP contribution < -0.4 is 10.1 Å². The molecule has 0 aliphatic carbocycles. The van der Waals surface area contributed by atoms with Gasteiger partial charge in [-0.1, -0.05) is 30.3 Å². The number of ether oxygens (including phenoxy) is 1. The van der Waals surface area contributed by atoms with E-state index in [0.29, 0.717) is 26.0 Å². The minimum Gasteiger partial charge on any atom is -0.493 e. The van der Waals surface area contributed by atoms with Gasteiger partial charge in [0.15, 0.2) is 0 Å². The van der Waals surface area contributed by atoms with Crippen molar-refractivity contribution in [3.05, 3.63) is 65.4 Å². The first-order chi connectivity index (χ1) is 14.0. The van der Waals surface area contributed by atoms with Gasteiger partial charge in [-0.3, -0.25) is 9.69 Å². The fourth-order valence-electron chi connectivity index (χ4n) is 3.71. The lowest BCUT2D eigenvalue weighted by Crippen LogP contribution is -2.33. The average molecular weight is 391 g/mol. The Morgan fingerprint density at radius 2 is 1.93 bits per heavy atom. The second kappa shape index (κ2) is 7.99. The minimum absolute atomic E-state index is 0.174. The molecule has 4 rings (SSSR count). The van der Waals surface area contributed by atoms with E-state index in [1.807, 2.05) is 62.5 Å². The van der Waals surface area contributed by atoms with Crippen LogP contribution in [0.4, 0.5) is 4.79 Å². The summed E-state index contributed by atoms with van der Waals surface area (Å²) < 4.78 is 5.83. The molecule has 0 saturated carbocycles. The number of hydrogen-bond acceptors (Lipinski definition) is 3. The number of benzene rings is 2. The van der Waals surface area contributed by atoms with Gasteiger partial charge in [-0.05, 0) is 49.1 Å². The van der Waals surface area contributed by atoms with E-state index in [0.717, 1.165) is 33.3 Å². The molecule has 0 spiro atoms. The average Bonchev–Trinajstić information content (AvgIpc) is 3.23. The maximum absolute atomic E-state index is 12.7. The summed E-state index contributed by atoms with van der Waals surface area (Å²) in [5.41, 5.74) is 4.27. The standard InChI is InChI=1S/C23H25N3O3/c1-15-8-9-16(2)21(12-15)29-11-5-10-26-22(27)20(25-23(26)28)13-17-14-24-19-7-4-3-6-18(17)19/h3-4,6-9,12,14,20,24H,5,10-11,13H2,1-2H3,(H,25,28)/t20-/m1/s1. The predicted molar refractivity (Wildman–Crippen MR) is 112 cm³/mol. The van der Waals surface area contributed by atoms with Crippen LogP contribution in [0.1, 0.15) is 23.1 Å². The number of nitrogens with one attached hydrogen (secondary N) is 2. The zero-order valence-electron chi connectivity index (χ0n) is 16.7. The summed E-state index contributed by atoms with van der Waals surface area (Å²) in [5, 5.41) is 3.89. The summed E-state index contributed by atoms with van der Waals surface area (Å²) in [7, 11) is 0. The highest BCUT2D eigenvalue weighted by Crippen LogP contribution is 2.22. The summed E-state index contributed by atoms with van der Waals surface area (Å²) in [6, 6.07) is 13.2. The molecule has 29 heavy (non-hydrogen) atoms. The highest BCUT2D eigenvalue weighted by Gasteiger charge is 2.37. The highest BCUT2D eigenvalue weighted by atomic mass is 16.5. The van der Waals surface area contributed by atoms with Crippen LogP contribution >= 0.6 is 0 Å². The number of imide groups is 1. The van der Waals surface area contributed by atoms with E-state index in [4.69, 9.17) is 4.74 Å². The van der Waals surface area contributed by atoms with Gasteiger partial charge in [0.25, 0.3) is 5.91 Å². The summed E-state index contributed by atoms with van der Waals surface area (Å²) >= 11 is 0. The van der Waals surface area contributed by atoms with E-state index < -0.39 is 6.04 Å². The number of para-hydroxylation sites is 1. The fraction of sp³-hybridized carbons (Fsp3) is 0.304. The Hall–Kier alpha value is -3.28. The van der Waals surface area contributed by atoms with E-state index in [-0.39, 0.29) is 11.9 Å². The molecule has 2 heterocycles. The predicted octanol–water partition coefficient (Wildman–Crippen LogP) is 3.72. The van der Waals surface area contributed by atoms with Gasteiger partial charge in [-0.25, -0.2) is 4.79 Å². The Morgan fingerprint density at radius 1 is 1.10 bits per heavy atom. The number of carbonyl (C=O) groups is 2. The molecule has 0 unspecified atom stereocenters. The van der Waals surface area contributed by atoms with E-state index in [1.54, 1.807) is 0 Å². The van der Waals surface area contributed by atoms with Crippen molar-refractivity contribution in [2.45, 2.75) is 32.7 Å². The number of H-pyrrole nitrogens is 1. The third-order valence-corrected chi connectivity index (χ3v) is 5.33. The summed E-state index contributed by atoms with van der Waals surface area (Å²) in [6.45, 7) is 4.82. The van der Waals surface area contributed by atoms with Crippen molar-refractivity contribution in [1.82, 2.24) is 15.2 Å². The number of urea groups is 1. The second-order valence-electron chi connectivity index (χ2n) is 7.53. The van der Waals surface area contributed by atoms with Crippen LogP contribution in [0.15, 0.2) is 48.7 Å². The van der Waals surface area contributed by atoms with Gasteiger partial charge in [-0.2, -0.15) is 0 Å². The Labute approximate surface area is 169 Å². The highest BCUT2D eigenvalue weighted by molar-refractivity contribution is 6.04. The molecule has 3 amide bonds. The van der Waals surface area contributed by atoms with Gasteiger partial charge in [0.2, 0.25) is 0 Å². The molecule has 1 aliphatic rings. The SMILES string of the molecule is Cc1ccc(C)c(OCCCN2C(=O)N[C@H](Cc3c[nH]c4ccccc34)C2=O)c1. The molecular formula is C23H25N3O3. The van der Waals surface area contributed by atoms with E-state index in [9.17, 15) is 9.59 Å². The number of aromatic nitrogens is 1. The van der Waals surface area contributed by atoms with Crippen LogP contribution in [0.25, 0.3) is 10.9 Å². The number of hydrogen-bond donors (Lipinski definition) is 2. The van der Waals surface area contributed by atoms with Crippen molar-refractivity contribution >= 4 is 22.8 Å². The maximum Gasteiger partial charge on any atom is 0.324 e. The monoisotopic (exact) mass is 391 g/mol. The topological polar surface area (TPSA) is 74.4 Å². The first kappa shape index (κ1) is 19.1. The van der Waals surface area contributed by atoms with Crippen molar-refractivity contribution < 1.29 is 14.3 Å². The molecule has 150 valence electrons. The Bertz CT molecular complexity index is 1060. The van der Waals surface area contributed by atoms with Gasteiger partial charge < -0.3 is 15.0 Å². The van der Waals surface area contributed by atoms with Gasteiger partial charge in [-0.15, -0.1) is 0 Å². The third-order valence-electron chi connectivity index (χ3n) is 5.33. The largest absolute Gasteiger partial charge is 0.493 e. The Kier molecular flexibility index (Phi) is 5.25. The summed E-state index contributed by atoms with van der Waals surface area (Å²) in [4.78, 5) is 29.5. The number of aromatic amines is 1. The number of aryl methyl sites for hydroxylation is 2. The lowest BCUT2D eigenvalue weighted by molar-refractivity contribution is -0.127. The van der Waals surface area contributed by atoms with Crippen molar-refractivity contribution in [2.75, 3.05) is 13.2 Å². The van der Waals surface area contributed by atoms with Crippen LogP contribution in [0, 0.1) is 13.8 Å². The van der Waals surface area contributed by atoms with E-state index in [2.05, 4.69) is 10.3 Å². The van der Waals surface area contributed by atoms with Crippen molar-refractivity contribution in [2.24, 2.45) is 0 Å². The first-order valence-electron chi connectivity index (χ1n) is 9.90. The van der Waals surface area contributed by atoms with Crippen LogP contribution in [-0.4, -0.2) is 41.0 Å². The lowest BCUT2D eigenvalue weighted by Gasteiger charge is -2.14. The lowest BCUT2D eigenvalue weighted by atomic mass is 10.1. The second-order valence-corrected chi connectivity index (χ2v) is 7.53. The van der Waals surface area contributed by atoms with Crippen molar-refractivity contribution in [3.63, 3.8) is 0 Å². The number of nitrogens with zero attached hydrogens (tertiary/aromatic N) is 1. The number of carbonyl (C=O) groups excluding carboxylic acids is 2. The van der Waals surface area contributed by atoms with Crippen molar-refractivity contribution in [1.29, 1.82) is 0 Å². The Morgan fingerprint density at radius 3 is 2.79 bits per heavy atom. The zero-order chi connectivity index (χ0) is 20.4. The molecule has 1 aliphatic heterocycles. The summed E-state index contributed by atoms with van der Waals surface area (Å²) in [6.07, 6.45) is 2.97. The fourth-order valence-corrected chi connectivity index (χ4v) is 3.71. The van der Waals surface area contributed by atoms with Crippen LogP contribution in [0.5, 0.6) is 5.75 Å². The van der Waals surface area contributed by atoms with E-state index >= 15 is 0 Å². The molecule has 6 heteroatoms. The van der Waals surface area contributed by atoms with Gasteiger partial charge >= 0.3 is 6.03 Å². The minimum atomic E-state index is -0.526. The quantitative estimate of drug-likeness (QED) is 0.476. The third kappa shape index (κ3) is 3.97. The van der Waals surface area contributed by atoms with Crippen molar-refractivity contribution in [3.8, 4) is 5.75 Å². The molecule has 0 bridgehead atoms. The van der Waals surface area contributed by atoms with Crippen LogP contribution in [0.3, 0.4) is 0 Å².